The summed E-state index contributed by atoms with van der Waals surface area (Å²) in [7, 11) is 0. The van der Waals surface area contributed by atoms with E-state index in [1.165, 1.54) is 5.56 Å². The highest BCUT2D eigenvalue weighted by atomic mass is 35.5. The molecule has 2 nitrogen and oxygen atoms in total. The molecule has 0 aliphatic heterocycles. The fraction of sp³-hybridized carbons (Fsp3) is 0.500. The van der Waals surface area contributed by atoms with E-state index in [9.17, 15) is 0 Å². The van der Waals surface area contributed by atoms with Crippen molar-refractivity contribution in [1.82, 2.24) is 0 Å². The van der Waals surface area contributed by atoms with E-state index in [2.05, 4.69) is 19.2 Å². The number of anilines is 1. The van der Waals surface area contributed by atoms with Crippen LogP contribution in [-0.4, -0.2) is 19.8 Å². The van der Waals surface area contributed by atoms with Crippen LogP contribution >= 0.6 is 11.6 Å². The number of halogens is 1. The van der Waals surface area contributed by atoms with Crippen LogP contribution in [0.1, 0.15) is 18.9 Å². The molecule has 0 unspecified atom stereocenters. The first-order valence-corrected chi connectivity index (χ1v) is 5.69. The molecule has 1 aromatic rings. The second-order valence-corrected chi connectivity index (χ2v) is 3.93. The van der Waals surface area contributed by atoms with Gasteiger partial charge in [0.25, 0.3) is 0 Å². The fourth-order valence-corrected chi connectivity index (χ4v) is 1.46. The molecule has 0 atom stereocenters. The molecule has 0 fully saturated rings. The third-order valence-electron chi connectivity index (χ3n) is 2.11. The van der Waals surface area contributed by atoms with Gasteiger partial charge < -0.3 is 10.1 Å². The van der Waals surface area contributed by atoms with E-state index in [0.29, 0.717) is 0 Å². The molecule has 1 rings (SSSR count). The summed E-state index contributed by atoms with van der Waals surface area (Å²) in [4.78, 5) is 0. The lowest BCUT2D eigenvalue weighted by atomic mass is 10.2. The Bertz CT molecular complexity index is 302. The maximum Gasteiger partial charge on any atom is 0.0639 e. The summed E-state index contributed by atoms with van der Waals surface area (Å²) in [5, 5.41) is 4.06. The Morgan fingerprint density at radius 3 is 2.87 bits per heavy atom. The van der Waals surface area contributed by atoms with E-state index in [4.69, 9.17) is 16.3 Å². The average Bonchev–Trinajstić information content (AvgIpc) is 2.23. The number of nitrogens with one attached hydrogen (secondary N) is 1. The molecule has 84 valence electrons. The van der Waals surface area contributed by atoms with E-state index in [1.807, 2.05) is 18.2 Å². The van der Waals surface area contributed by atoms with Crippen LogP contribution in [0.25, 0.3) is 0 Å². The number of hydrogen-bond donors (Lipinski definition) is 1. The number of ether oxygens (including phenoxy) is 1. The zero-order chi connectivity index (χ0) is 11.1. The highest BCUT2D eigenvalue weighted by Gasteiger charge is 1.98. The Morgan fingerprint density at radius 2 is 2.13 bits per heavy atom. The summed E-state index contributed by atoms with van der Waals surface area (Å²) in [6, 6.07) is 5.85. The van der Waals surface area contributed by atoms with Gasteiger partial charge in [0.2, 0.25) is 0 Å². The van der Waals surface area contributed by atoms with Gasteiger partial charge in [-0.05, 0) is 31.0 Å². The zero-order valence-corrected chi connectivity index (χ0v) is 10.1. The predicted octanol–water partition coefficient (Wildman–Crippen LogP) is 3.49. The Kier molecular flexibility index (Phi) is 5.51. The molecule has 0 spiro atoms. The maximum absolute atomic E-state index is 5.91. The van der Waals surface area contributed by atoms with E-state index in [-0.39, 0.29) is 0 Å². The van der Waals surface area contributed by atoms with Gasteiger partial charge >= 0.3 is 0 Å². The molecule has 0 bridgehead atoms. The molecule has 0 saturated carbocycles. The fourth-order valence-electron chi connectivity index (χ4n) is 1.29. The molecule has 15 heavy (non-hydrogen) atoms. The van der Waals surface area contributed by atoms with Gasteiger partial charge in [0.1, 0.15) is 0 Å². The van der Waals surface area contributed by atoms with Gasteiger partial charge in [-0.2, -0.15) is 0 Å². The van der Waals surface area contributed by atoms with Crippen LogP contribution in [0.5, 0.6) is 0 Å². The number of benzene rings is 1. The predicted molar refractivity (Wildman–Crippen MR) is 65.8 cm³/mol. The Labute approximate surface area is 96.6 Å². The first kappa shape index (κ1) is 12.3. The van der Waals surface area contributed by atoms with Crippen LogP contribution in [0.3, 0.4) is 0 Å². The van der Waals surface area contributed by atoms with Crippen molar-refractivity contribution in [2.24, 2.45) is 0 Å². The summed E-state index contributed by atoms with van der Waals surface area (Å²) < 4.78 is 5.38. The largest absolute Gasteiger partial charge is 0.382 e. The molecule has 3 heteroatoms. The van der Waals surface area contributed by atoms with Crippen molar-refractivity contribution in [3.05, 3.63) is 28.8 Å². The molecular formula is C12H18ClNO. The van der Waals surface area contributed by atoms with Gasteiger partial charge in [-0.1, -0.05) is 24.6 Å². The first-order valence-electron chi connectivity index (χ1n) is 5.32. The maximum atomic E-state index is 5.91. The van der Waals surface area contributed by atoms with Crippen molar-refractivity contribution in [2.45, 2.75) is 20.3 Å². The monoisotopic (exact) mass is 227 g/mol. The van der Waals surface area contributed by atoms with Crippen LogP contribution in [0.2, 0.25) is 5.02 Å². The van der Waals surface area contributed by atoms with Gasteiger partial charge in [0.15, 0.2) is 0 Å². The minimum atomic E-state index is 0.736. The van der Waals surface area contributed by atoms with Crippen molar-refractivity contribution in [2.75, 3.05) is 25.1 Å². The first-order chi connectivity index (χ1) is 7.24. The van der Waals surface area contributed by atoms with Crippen LogP contribution in [-0.2, 0) is 4.74 Å². The molecule has 0 heterocycles. The Morgan fingerprint density at radius 1 is 1.33 bits per heavy atom. The average molecular weight is 228 g/mol. The lowest BCUT2D eigenvalue weighted by Crippen LogP contribution is -2.10. The summed E-state index contributed by atoms with van der Waals surface area (Å²) >= 11 is 5.91. The highest BCUT2D eigenvalue weighted by molar-refractivity contribution is 6.30. The molecule has 0 radical (unpaired) electrons. The summed E-state index contributed by atoms with van der Waals surface area (Å²) in [5.41, 5.74) is 2.29. The summed E-state index contributed by atoms with van der Waals surface area (Å²) in [6.45, 7) is 6.55. The molecule has 0 saturated heterocycles. The smallest absolute Gasteiger partial charge is 0.0639 e. The Balaban J connectivity index is 2.33. The molecule has 0 aromatic heterocycles. The third-order valence-corrected chi connectivity index (χ3v) is 2.35. The van der Waals surface area contributed by atoms with Gasteiger partial charge in [-0.25, -0.2) is 0 Å². The van der Waals surface area contributed by atoms with Crippen molar-refractivity contribution in [3.8, 4) is 0 Å². The molecular weight excluding hydrogens is 210 g/mol. The minimum Gasteiger partial charge on any atom is -0.382 e. The van der Waals surface area contributed by atoms with Crippen LogP contribution < -0.4 is 5.32 Å². The highest BCUT2D eigenvalue weighted by Crippen LogP contribution is 2.19. The molecule has 0 aliphatic carbocycles. The number of rotatable bonds is 6. The van der Waals surface area contributed by atoms with E-state index >= 15 is 0 Å². The molecule has 0 aliphatic rings. The van der Waals surface area contributed by atoms with Gasteiger partial charge in [-0.3, -0.25) is 0 Å². The summed E-state index contributed by atoms with van der Waals surface area (Å²) in [5.74, 6) is 0. The lowest BCUT2D eigenvalue weighted by molar-refractivity contribution is 0.144. The quantitative estimate of drug-likeness (QED) is 0.752. The second kappa shape index (κ2) is 6.70. The minimum absolute atomic E-state index is 0.736. The third kappa shape index (κ3) is 4.54. The van der Waals surface area contributed by atoms with E-state index in [0.717, 1.165) is 36.9 Å². The molecule has 0 amide bonds. The summed E-state index contributed by atoms with van der Waals surface area (Å²) in [6.07, 6.45) is 1.07. The number of hydrogen-bond acceptors (Lipinski definition) is 2. The van der Waals surface area contributed by atoms with Crippen LogP contribution in [0.4, 0.5) is 5.69 Å². The number of aryl methyl sites for hydroxylation is 1. The standard InChI is InChI=1S/C12H18ClNO/c1-3-7-15-8-6-14-12-9-11(13)5-4-10(12)2/h4-5,9,14H,3,6-8H2,1-2H3. The van der Waals surface area contributed by atoms with Crippen molar-refractivity contribution in [1.29, 1.82) is 0 Å². The SMILES string of the molecule is CCCOCCNc1cc(Cl)ccc1C. The van der Waals surface area contributed by atoms with Gasteiger partial charge in [-0.15, -0.1) is 0 Å². The lowest BCUT2D eigenvalue weighted by Gasteiger charge is -2.09. The molecule has 1 aromatic carbocycles. The van der Waals surface area contributed by atoms with Crippen LogP contribution in [0.15, 0.2) is 18.2 Å². The van der Waals surface area contributed by atoms with Crippen LogP contribution in [0, 0.1) is 6.92 Å². The second-order valence-electron chi connectivity index (χ2n) is 3.50. The molecule has 1 N–H and O–H groups in total. The van der Waals surface area contributed by atoms with E-state index in [1.54, 1.807) is 0 Å². The van der Waals surface area contributed by atoms with Crippen molar-refractivity contribution >= 4 is 17.3 Å². The Hall–Kier alpha value is -0.730. The van der Waals surface area contributed by atoms with E-state index < -0.39 is 0 Å². The van der Waals surface area contributed by atoms with Crippen molar-refractivity contribution in [3.63, 3.8) is 0 Å². The van der Waals surface area contributed by atoms with Gasteiger partial charge in [0, 0.05) is 23.9 Å². The van der Waals surface area contributed by atoms with Gasteiger partial charge in [0.05, 0.1) is 6.61 Å². The van der Waals surface area contributed by atoms with Crippen molar-refractivity contribution < 1.29 is 4.74 Å². The zero-order valence-electron chi connectivity index (χ0n) is 9.35. The normalized spacial score (nSPS) is 10.3. The topological polar surface area (TPSA) is 21.3 Å².